The monoisotopic (exact) mass is 501 g/mol. The Bertz CT molecular complexity index is 1630. The van der Waals surface area contributed by atoms with Gasteiger partial charge < -0.3 is 10.1 Å². The smallest absolute Gasteiger partial charge is 0.263 e. The molecule has 5 rings (SSSR count). The number of anilines is 1. The fraction of sp³-hybridized carbons (Fsp3) is 0.192. The minimum absolute atomic E-state index is 0.0787. The average Bonchev–Trinajstić information content (AvgIpc) is 3.47. The second-order valence-corrected chi connectivity index (χ2v) is 8.80. The minimum atomic E-state index is -0.438. The summed E-state index contributed by atoms with van der Waals surface area (Å²) in [6.45, 7) is 5.74. The summed E-state index contributed by atoms with van der Waals surface area (Å²) in [5.41, 5.74) is 2.12. The van der Waals surface area contributed by atoms with Crippen molar-refractivity contribution in [1.82, 2.24) is 29.5 Å². The molecule has 5 aromatic rings. The maximum Gasteiger partial charge on any atom is 0.263 e. The van der Waals surface area contributed by atoms with Crippen LogP contribution in [0.15, 0.2) is 65.6 Å². The maximum absolute atomic E-state index is 13.4. The van der Waals surface area contributed by atoms with Crippen LogP contribution in [0.1, 0.15) is 31.0 Å². The number of benzene rings is 2. The van der Waals surface area contributed by atoms with Crippen LogP contribution in [0.5, 0.6) is 5.75 Å². The van der Waals surface area contributed by atoms with Crippen LogP contribution in [0.4, 0.5) is 10.2 Å². The zero-order valence-corrected chi connectivity index (χ0v) is 20.4. The van der Waals surface area contributed by atoms with Gasteiger partial charge in [-0.2, -0.15) is 19.9 Å². The number of nitrogens with one attached hydrogen (secondary N) is 2. The van der Waals surface area contributed by atoms with Crippen LogP contribution >= 0.6 is 0 Å². The predicted octanol–water partition coefficient (Wildman–Crippen LogP) is 3.88. The van der Waals surface area contributed by atoms with E-state index < -0.39 is 17.3 Å². The lowest BCUT2D eigenvalue weighted by molar-refractivity contribution is -0.118. The van der Waals surface area contributed by atoms with Crippen LogP contribution in [0, 0.1) is 12.7 Å². The molecule has 1 amide bonds. The highest BCUT2D eigenvalue weighted by molar-refractivity contribution is 5.91. The molecule has 0 radical (unpaired) electrons. The highest BCUT2D eigenvalue weighted by Crippen LogP contribution is 2.20. The highest BCUT2D eigenvalue weighted by Gasteiger charge is 2.17. The standard InChI is InChI=1S/C26H24FN7O3/c1-15(2)17-4-10-20(11-5-17)37-14-23(35)29-22-12-16(3)32-34(22)26-30-24-21(25(36)31-26)13-28-33(24)19-8-6-18(27)7-9-19/h4-13,15H,14H2,1-3H3,(H,29,35)(H,30,31,36). The number of hydrogen-bond donors (Lipinski definition) is 2. The Morgan fingerprint density at radius 2 is 1.84 bits per heavy atom. The van der Waals surface area contributed by atoms with Gasteiger partial charge in [0.15, 0.2) is 12.3 Å². The maximum atomic E-state index is 13.4. The number of aryl methyl sites for hydroxylation is 1. The molecule has 3 heterocycles. The van der Waals surface area contributed by atoms with Gasteiger partial charge >= 0.3 is 0 Å². The Morgan fingerprint density at radius 1 is 1.11 bits per heavy atom. The molecule has 0 unspecified atom stereocenters. The molecule has 188 valence electrons. The molecule has 37 heavy (non-hydrogen) atoms. The van der Waals surface area contributed by atoms with E-state index in [1.54, 1.807) is 13.0 Å². The van der Waals surface area contributed by atoms with Crippen molar-refractivity contribution in [2.45, 2.75) is 26.7 Å². The molecule has 0 aliphatic rings. The second-order valence-electron chi connectivity index (χ2n) is 8.80. The number of carbonyl (C=O) groups is 1. The first kappa shape index (κ1) is 23.9. The van der Waals surface area contributed by atoms with Crippen molar-refractivity contribution in [3.05, 3.63) is 88.2 Å². The van der Waals surface area contributed by atoms with E-state index in [0.29, 0.717) is 28.9 Å². The van der Waals surface area contributed by atoms with Crippen molar-refractivity contribution in [2.24, 2.45) is 0 Å². The van der Waals surface area contributed by atoms with Crippen molar-refractivity contribution in [3.63, 3.8) is 0 Å². The van der Waals surface area contributed by atoms with E-state index in [4.69, 9.17) is 4.74 Å². The van der Waals surface area contributed by atoms with Gasteiger partial charge in [0.1, 0.15) is 22.8 Å². The number of nitrogens with zero attached hydrogens (tertiary/aromatic N) is 5. The topological polar surface area (TPSA) is 120 Å². The van der Waals surface area contributed by atoms with Gasteiger partial charge in [0.05, 0.1) is 17.6 Å². The lowest BCUT2D eigenvalue weighted by atomic mass is 10.0. The number of aromatic amines is 1. The van der Waals surface area contributed by atoms with Crippen molar-refractivity contribution in [2.75, 3.05) is 11.9 Å². The Balaban J connectivity index is 1.40. The van der Waals surface area contributed by atoms with Crippen molar-refractivity contribution < 1.29 is 13.9 Å². The summed E-state index contributed by atoms with van der Waals surface area (Å²) in [6.07, 6.45) is 1.39. The first-order valence-electron chi connectivity index (χ1n) is 11.6. The van der Waals surface area contributed by atoms with E-state index in [-0.39, 0.29) is 23.6 Å². The largest absolute Gasteiger partial charge is 0.484 e. The van der Waals surface area contributed by atoms with Crippen LogP contribution in [0.2, 0.25) is 0 Å². The molecule has 2 N–H and O–H groups in total. The molecule has 0 spiro atoms. The number of amides is 1. The normalized spacial score (nSPS) is 11.3. The first-order valence-corrected chi connectivity index (χ1v) is 11.6. The van der Waals surface area contributed by atoms with E-state index in [0.717, 1.165) is 0 Å². The third-order valence-corrected chi connectivity index (χ3v) is 5.71. The molecule has 3 aromatic heterocycles. The predicted molar refractivity (Wildman–Crippen MR) is 136 cm³/mol. The van der Waals surface area contributed by atoms with Crippen molar-refractivity contribution >= 4 is 22.8 Å². The third kappa shape index (κ3) is 4.96. The molecule has 10 nitrogen and oxygen atoms in total. The summed E-state index contributed by atoms with van der Waals surface area (Å²) in [5.74, 6) is 0.556. The number of ether oxygens (including phenoxy) is 1. The number of carbonyl (C=O) groups excluding carboxylic acids is 1. The van der Waals surface area contributed by atoms with Crippen LogP contribution < -0.4 is 15.6 Å². The molecule has 0 aliphatic carbocycles. The summed E-state index contributed by atoms with van der Waals surface area (Å²) in [4.78, 5) is 32.6. The lowest BCUT2D eigenvalue weighted by Crippen LogP contribution is -2.23. The van der Waals surface area contributed by atoms with E-state index in [9.17, 15) is 14.0 Å². The molecule has 2 aromatic carbocycles. The van der Waals surface area contributed by atoms with E-state index >= 15 is 0 Å². The fourth-order valence-electron chi connectivity index (χ4n) is 3.81. The number of halogens is 1. The summed E-state index contributed by atoms with van der Waals surface area (Å²) in [5, 5.41) is 11.6. The number of hydrogen-bond acceptors (Lipinski definition) is 6. The number of fused-ring (bicyclic) bond motifs is 1. The van der Waals surface area contributed by atoms with Gasteiger partial charge in [-0.05, 0) is 54.8 Å². The molecule has 11 heteroatoms. The summed E-state index contributed by atoms with van der Waals surface area (Å²) in [6, 6.07) is 14.9. The van der Waals surface area contributed by atoms with Crippen LogP contribution in [0.3, 0.4) is 0 Å². The van der Waals surface area contributed by atoms with Crippen LogP contribution in [-0.4, -0.2) is 42.0 Å². The van der Waals surface area contributed by atoms with Gasteiger partial charge in [0, 0.05) is 6.07 Å². The lowest BCUT2D eigenvalue weighted by Gasteiger charge is -2.10. The average molecular weight is 502 g/mol. The second kappa shape index (κ2) is 9.69. The summed E-state index contributed by atoms with van der Waals surface area (Å²) < 4.78 is 21.8. The number of H-pyrrole nitrogens is 1. The number of rotatable bonds is 7. The zero-order valence-electron chi connectivity index (χ0n) is 20.4. The Morgan fingerprint density at radius 3 is 2.54 bits per heavy atom. The van der Waals surface area contributed by atoms with Crippen LogP contribution in [-0.2, 0) is 4.79 Å². The molecule has 0 atom stereocenters. The Hall–Kier alpha value is -4.80. The molecular weight excluding hydrogens is 477 g/mol. The Labute approximate surface area is 210 Å². The van der Waals surface area contributed by atoms with Crippen molar-refractivity contribution in [3.8, 4) is 17.4 Å². The summed E-state index contributed by atoms with van der Waals surface area (Å²) in [7, 11) is 0. The number of aromatic nitrogens is 6. The quantitative estimate of drug-likeness (QED) is 0.349. The fourth-order valence-corrected chi connectivity index (χ4v) is 3.81. The van der Waals surface area contributed by atoms with E-state index in [2.05, 4.69) is 39.3 Å². The molecule has 0 fully saturated rings. The van der Waals surface area contributed by atoms with Gasteiger partial charge in [0.25, 0.3) is 11.5 Å². The van der Waals surface area contributed by atoms with Gasteiger partial charge in [-0.1, -0.05) is 26.0 Å². The molecule has 0 saturated carbocycles. The van der Waals surface area contributed by atoms with Crippen LogP contribution in [0.25, 0.3) is 22.7 Å². The van der Waals surface area contributed by atoms with E-state index in [1.807, 2.05) is 24.3 Å². The van der Waals surface area contributed by atoms with Gasteiger partial charge in [-0.3, -0.25) is 14.6 Å². The zero-order chi connectivity index (χ0) is 26.1. The van der Waals surface area contributed by atoms with E-state index in [1.165, 1.54) is 45.4 Å². The molecular formula is C26H24FN7O3. The Kier molecular flexibility index (Phi) is 6.26. The molecule has 0 bridgehead atoms. The summed E-state index contributed by atoms with van der Waals surface area (Å²) >= 11 is 0. The first-order chi connectivity index (χ1) is 17.8. The molecule has 0 aliphatic heterocycles. The van der Waals surface area contributed by atoms with Gasteiger partial charge in [-0.15, -0.1) is 0 Å². The SMILES string of the molecule is Cc1cc(NC(=O)COc2ccc(C(C)C)cc2)n(-c2nc3c(cnn3-c3ccc(F)cc3)c(=O)[nH]2)n1. The third-order valence-electron chi connectivity index (χ3n) is 5.71. The van der Waals surface area contributed by atoms with Gasteiger partial charge in [0.2, 0.25) is 5.95 Å². The highest BCUT2D eigenvalue weighted by atomic mass is 19.1. The minimum Gasteiger partial charge on any atom is -0.484 e. The molecule has 0 saturated heterocycles. The van der Waals surface area contributed by atoms with Crippen molar-refractivity contribution in [1.29, 1.82) is 0 Å². The van der Waals surface area contributed by atoms with Gasteiger partial charge in [-0.25, -0.2) is 9.07 Å².